The molecule has 92 valence electrons. The van der Waals surface area contributed by atoms with Crippen molar-refractivity contribution in [2.24, 2.45) is 16.1 Å². The number of nitrogens with one attached hydrogen (secondary N) is 1. The molecular weight excluding hydrogens is 216 g/mol. The highest BCUT2D eigenvalue weighted by Crippen LogP contribution is 2.42. The van der Waals surface area contributed by atoms with E-state index in [-0.39, 0.29) is 17.6 Å². The summed E-state index contributed by atoms with van der Waals surface area (Å²) in [7, 11) is 0. The van der Waals surface area contributed by atoms with Crippen molar-refractivity contribution in [1.82, 2.24) is 4.98 Å². The number of aliphatic hydroxyl groups is 1. The number of guanidine groups is 1. The van der Waals surface area contributed by atoms with Crippen molar-refractivity contribution in [1.29, 1.82) is 0 Å². The summed E-state index contributed by atoms with van der Waals surface area (Å²) in [6.45, 7) is 3.98. The first-order chi connectivity index (χ1) is 8.00. The molecule has 0 amide bonds. The van der Waals surface area contributed by atoms with E-state index in [9.17, 15) is 5.11 Å². The molecule has 1 aliphatic rings. The van der Waals surface area contributed by atoms with Crippen molar-refractivity contribution < 1.29 is 5.11 Å². The van der Waals surface area contributed by atoms with Gasteiger partial charge < -0.3 is 16.2 Å². The van der Waals surface area contributed by atoms with E-state index in [2.05, 4.69) is 15.3 Å². The molecule has 0 aliphatic heterocycles. The third kappa shape index (κ3) is 2.39. The fourth-order valence-electron chi connectivity index (χ4n) is 1.87. The van der Waals surface area contributed by atoms with Crippen molar-refractivity contribution in [2.45, 2.75) is 32.4 Å². The summed E-state index contributed by atoms with van der Waals surface area (Å²) in [4.78, 5) is 8.46. The summed E-state index contributed by atoms with van der Waals surface area (Å²) >= 11 is 0. The second kappa shape index (κ2) is 4.33. The Balaban J connectivity index is 1.99. The van der Waals surface area contributed by atoms with Gasteiger partial charge in [0.1, 0.15) is 5.82 Å². The predicted molar refractivity (Wildman–Crippen MR) is 67.7 cm³/mol. The second-order valence-electron chi connectivity index (χ2n) is 4.94. The summed E-state index contributed by atoms with van der Waals surface area (Å²) in [5, 5.41) is 12.5. The van der Waals surface area contributed by atoms with E-state index in [4.69, 9.17) is 5.73 Å². The second-order valence-corrected chi connectivity index (χ2v) is 4.94. The van der Waals surface area contributed by atoms with Gasteiger partial charge in [-0.25, -0.2) is 9.98 Å². The topological polar surface area (TPSA) is 83.5 Å². The maximum atomic E-state index is 9.61. The van der Waals surface area contributed by atoms with Gasteiger partial charge in [0.15, 0.2) is 5.96 Å². The Bertz CT molecular complexity index is 416. The fourth-order valence-corrected chi connectivity index (χ4v) is 1.87. The van der Waals surface area contributed by atoms with Gasteiger partial charge in [-0.3, -0.25) is 0 Å². The van der Waals surface area contributed by atoms with Crippen LogP contribution < -0.4 is 11.1 Å². The van der Waals surface area contributed by atoms with Gasteiger partial charge >= 0.3 is 0 Å². The Morgan fingerprint density at radius 1 is 1.59 bits per heavy atom. The first-order valence-electron chi connectivity index (χ1n) is 5.69. The molecule has 1 heterocycles. The van der Waals surface area contributed by atoms with Crippen LogP contribution in [0.5, 0.6) is 0 Å². The number of hydrogen-bond acceptors (Lipinski definition) is 3. The van der Waals surface area contributed by atoms with Crippen LogP contribution in [0.4, 0.5) is 5.82 Å². The van der Waals surface area contributed by atoms with Gasteiger partial charge in [-0.1, -0.05) is 19.9 Å². The molecule has 0 saturated heterocycles. The summed E-state index contributed by atoms with van der Waals surface area (Å²) in [6, 6.07) is 5.60. The molecular formula is C12H18N4O. The quantitative estimate of drug-likeness (QED) is 0.526. The molecule has 0 bridgehead atoms. The monoisotopic (exact) mass is 234 g/mol. The number of pyridine rings is 1. The number of aliphatic imine (C=N–C) groups is 1. The third-order valence-corrected chi connectivity index (χ3v) is 3.38. The molecule has 4 N–H and O–H groups in total. The van der Waals surface area contributed by atoms with Gasteiger partial charge in [-0.2, -0.15) is 0 Å². The Morgan fingerprint density at radius 3 is 2.88 bits per heavy atom. The van der Waals surface area contributed by atoms with Crippen LogP contribution in [0.2, 0.25) is 0 Å². The fraction of sp³-hybridized carbons (Fsp3) is 0.500. The molecule has 1 aromatic rings. The van der Waals surface area contributed by atoms with E-state index in [1.54, 1.807) is 6.20 Å². The minimum Gasteiger partial charge on any atom is -0.392 e. The van der Waals surface area contributed by atoms with Gasteiger partial charge in [0.05, 0.1) is 12.1 Å². The summed E-state index contributed by atoms with van der Waals surface area (Å²) in [5.74, 6) is 1.01. The van der Waals surface area contributed by atoms with E-state index in [1.807, 2.05) is 32.0 Å². The van der Waals surface area contributed by atoms with Gasteiger partial charge in [0, 0.05) is 11.6 Å². The first-order valence-corrected chi connectivity index (χ1v) is 5.69. The van der Waals surface area contributed by atoms with Crippen molar-refractivity contribution in [3.05, 3.63) is 24.4 Å². The molecule has 2 rings (SSSR count). The Hall–Kier alpha value is -1.62. The summed E-state index contributed by atoms with van der Waals surface area (Å²) < 4.78 is 0. The lowest BCUT2D eigenvalue weighted by atomic mass is 9.65. The number of rotatable bonds is 2. The average molecular weight is 234 g/mol. The number of aromatic nitrogens is 1. The summed E-state index contributed by atoms with van der Waals surface area (Å²) in [6.07, 6.45) is 2.06. The zero-order valence-electron chi connectivity index (χ0n) is 10.1. The molecule has 0 radical (unpaired) electrons. The van der Waals surface area contributed by atoms with E-state index in [1.165, 1.54) is 0 Å². The molecule has 5 nitrogen and oxygen atoms in total. The predicted octanol–water partition coefficient (Wildman–Crippen LogP) is 0.968. The maximum Gasteiger partial charge on any atom is 0.194 e. The number of hydrogen-bond donors (Lipinski definition) is 3. The van der Waals surface area contributed by atoms with Gasteiger partial charge in [0.2, 0.25) is 0 Å². The highest BCUT2D eigenvalue weighted by Gasteiger charge is 2.47. The van der Waals surface area contributed by atoms with Crippen LogP contribution in [0.3, 0.4) is 0 Å². The van der Waals surface area contributed by atoms with Crippen molar-refractivity contribution in [2.75, 3.05) is 5.32 Å². The molecule has 0 aromatic carbocycles. The van der Waals surface area contributed by atoms with Gasteiger partial charge in [-0.05, 0) is 18.6 Å². The highest BCUT2D eigenvalue weighted by molar-refractivity contribution is 5.91. The van der Waals surface area contributed by atoms with Crippen LogP contribution in [-0.2, 0) is 0 Å². The van der Waals surface area contributed by atoms with Crippen molar-refractivity contribution in [3.63, 3.8) is 0 Å². The summed E-state index contributed by atoms with van der Waals surface area (Å²) in [5.41, 5.74) is 5.60. The minimum absolute atomic E-state index is 0.0636. The molecule has 2 unspecified atom stereocenters. The first kappa shape index (κ1) is 11.9. The molecule has 5 heteroatoms. The third-order valence-electron chi connectivity index (χ3n) is 3.38. The largest absolute Gasteiger partial charge is 0.392 e. The zero-order valence-corrected chi connectivity index (χ0v) is 10.1. The van der Waals surface area contributed by atoms with E-state index < -0.39 is 0 Å². The minimum atomic E-state index is -0.293. The van der Waals surface area contributed by atoms with Crippen molar-refractivity contribution in [3.8, 4) is 0 Å². The van der Waals surface area contributed by atoms with Crippen LogP contribution in [0, 0.1) is 5.41 Å². The normalized spacial score (nSPS) is 27.4. The zero-order chi connectivity index (χ0) is 12.5. The number of nitrogens with two attached hydrogens (primary N) is 1. The number of nitrogens with zero attached hydrogens (tertiary/aromatic N) is 2. The lowest BCUT2D eigenvalue weighted by molar-refractivity contribution is -0.0576. The smallest absolute Gasteiger partial charge is 0.194 e. The number of anilines is 1. The van der Waals surface area contributed by atoms with E-state index >= 15 is 0 Å². The Morgan fingerprint density at radius 2 is 2.35 bits per heavy atom. The molecule has 0 spiro atoms. The highest BCUT2D eigenvalue weighted by atomic mass is 16.3. The number of aliphatic hydroxyl groups excluding tert-OH is 1. The standard InChI is InChI=1S/C12H18N4O/c1-12(2)8(7-9(12)17)15-11(13)16-10-5-3-4-6-14-10/h3-6,8-9,17H,7H2,1-2H3,(H3,13,14,15,16). The van der Waals surface area contributed by atoms with Crippen LogP contribution >= 0.6 is 0 Å². The SMILES string of the molecule is CC1(C)C(O)CC1N=C(N)Nc1ccccn1. The average Bonchev–Trinajstić information content (AvgIpc) is 2.30. The molecule has 17 heavy (non-hydrogen) atoms. The molecule has 1 saturated carbocycles. The van der Waals surface area contributed by atoms with Crippen molar-refractivity contribution >= 4 is 11.8 Å². The van der Waals surface area contributed by atoms with Crippen LogP contribution in [0.15, 0.2) is 29.4 Å². The lowest BCUT2D eigenvalue weighted by Gasteiger charge is -2.46. The van der Waals surface area contributed by atoms with E-state index in [0.29, 0.717) is 18.2 Å². The Labute approximate surface area is 101 Å². The van der Waals surface area contributed by atoms with Crippen LogP contribution in [0.25, 0.3) is 0 Å². The van der Waals surface area contributed by atoms with Crippen LogP contribution in [0.1, 0.15) is 20.3 Å². The van der Waals surface area contributed by atoms with Gasteiger partial charge in [-0.15, -0.1) is 0 Å². The molecule has 1 fully saturated rings. The molecule has 1 aromatic heterocycles. The molecule has 1 aliphatic carbocycles. The maximum absolute atomic E-state index is 9.61. The molecule has 2 atom stereocenters. The van der Waals surface area contributed by atoms with E-state index in [0.717, 1.165) is 0 Å². The Kier molecular flexibility index (Phi) is 3.02. The lowest BCUT2D eigenvalue weighted by Crippen LogP contribution is -2.53. The van der Waals surface area contributed by atoms with Gasteiger partial charge in [0.25, 0.3) is 0 Å². The van der Waals surface area contributed by atoms with Crippen LogP contribution in [-0.4, -0.2) is 28.2 Å².